The maximum Gasteiger partial charge on any atom is 0.256 e. The number of benzene rings is 1. The molecule has 1 amide bonds. The average Bonchev–Trinajstić information content (AvgIpc) is 2.97. The second-order valence-corrected chi connectivity index (χ2v) is 7.94. The van der Waals surface area contributed by atoms with Crippen molar-refractivity contribution in [3.05, 3.63) is 51.1 Å². The van der Waals surface area contributed by atoms with E-state index in [1.165, 1.54) is 0 Å². The molecule has 1 fully saturated rings. The number of nitrogens with zero attached hydrogens (tertiary/aromatic N) is 2. The fourth-order valence-electron chi connectivity index (χ4n) is 3.67. The second-order valence-electron chi connectivity index (χ2n) is 7.57. The summed E-state index contributed by atoms with van der Waals surface area (Å²) in [6.07, 6.45) is 5.24. The summed E-state index contributed by atoms with van der Waals surface area (Å²) in [5, 5.41) is 6.37. The minimum Gasteiger partial charge on any atom is -0.349 e. The number of carbonyl (C=O) groups is 1. The minimum absolute atomic E-state index is 0.159. The first-order valence-corrected chi connectivity index (χ1v) is 9.70. The summed E-state index contributed by atoms with van der Waals surface area (Å²) >= 11 is 5.69. The van der Waals surface area contributed by atoms with Gasteiger partial charge >= 0.3 is 0 Å². The van der Waals surface area contributed by atoms with Crippen molar-refractivity contribution in [2.24, 2.45) is 5.92 Å². The summed E-state index contributed by atoms with van der Waals surface area (Å²) in [4.78, 5) is 12.4. The fourth-order valence-corrected chi connectivity index (χ4v) is 3.92. The Morgan fingerprint density at radius 2 is 1.79 bits per heavy atom. The predicted molar refractivity (Wildman–Crippen MR) is 101 cm³/mol. The number of halogens is 4. The van der Waals surface area contributed by atoms with Crippen molar-refractivity contribution in [3.8, 4) is 0 Å². The van der Waals surface area contributed by atoms with Crippen molar-refractivity contribution in [1.82, 2.24) is 15.1 Å². The van der Waals surface area contributed by atoms with Crippen LogP contribution >= 0.6 is 11.6 Å². The van der Waals surface area contributed by atoms with Crippen LogP contribution in [0.3, 0.4) is 0 Å². The molecule has 1 N–H and O–H groups in total. The van der Waals surface area contributed by atoms with Gasteiger partial charge in [-0.25, -0.2) is 13.2 Å². The lowest BCUT2D eigenvalue weighted by molar-refractivity contribution is 0.0915. The van der Waals surface area contributed by atoms with E-state index in [9.17, 15) is 18.0 Å². The molecular formula is C20H23ClF3N3O. The van der Waals surface area contributed by atoms with Crippen LogP contribution in [-0.4, -0.2) is 21.7 Å². The van der Waals surface area contributed by atoms with Gasteiger partial charge in [0, 0.05) is 24.3 Å². The van der Waals surface area contributed by atoms with Gasteiger partial charge in [0.05, 0.1) is 16.3 Å². The summed E-state index contributed by atoms with van der Waals surface area (Å²) in [5.74, 6) is -4.27. The molecule has 0 atom stereocenters. The Kier molecular flexibility index (Phi) is 6.03. The number of aromatic nitrogens is 2. The second kappa shape index (κ2) is 8.15. The molecule has 1 saturated carbocycles. The first kappa shape index (κ1) is 20.7. The number of nitrogens with one attached hydrogen (secondary N) is 1. The molecule has 0 radical (unpaired) electrons. The molecule has 0 bridgehead atoms. The topological polar surface area (TPSA) is 46.9 Å². The molecule has 152 valence electrons. The van der Waals surface area contributed by atoms with Gasteiger partial charge in [-0.05, 0) is 57.9 Å². The maximum atomic E-state index is 14.3. The van der Waals surface area contributed by atoms with Crippen molar-refractivity contribution >= 4 is 17.5 Å². The van der Waals surface area contributed by atoms with Crippen LogP contribution in [0.1, 0.15) is 52.9 Å². The van der Waals surface area contributed by atoms with E-state index in [0.29, 0.717) is 5.92 Å². The largest absolute Gasteiger partial charge is 0.349 e. The highest BCUT2D eigenvalue weighted by Gasteiger charge is 2.29. The first-order chi connectivity index (χ1) is 13.2. The van der Waals surface area contributed by atoms with Gasteiger partial charge < -0.3 is 5.32 Å². The lowest BCUT2D eigenvalue weighted by Crippen LogP contribution is -2.39. The molecule has 1 heterocycles. The van der Waals surface area contributed by atoms with Gasteiger partial charge in [-0.2, -0.15) is 5.10 Å². The van der Waals surface area contributed by atoms with Gasteiger partial charge in [0.25, 0.3) is 5.91 Å². The lowest BCUT2D eigenvalue weighted by Gasteiger charge is -2.29. The molecule has 0 aliphatic heterocycles. The molecule has 0 spiro atoms. The summed E-state index contributed by atoms with van der Waals surface area (Å²) in [6, 6.07) is -0.159. The number of amides is 1. The van der Waals surface area contributed by atoms with E-state index < -0.39 is 39.5 Å². The predicted octanol–water partition coefficient (Wildman–Crippen LogP) is 4.87. The van der Waals surface area contributed by atoms with Crippen LogP contribution in [0.4, 0.5) is 13.2 Å². The zero-order chi connectivity index (χ0) is 20.6. The smallest absolute Gasteiger partial charge is 0.256 e. The van der Waals surface area contributed by atoms with Crippen molar-refractivity contribution in [1.29, 1.82) is 0 Å². The van der Waals surface area contributed by atoms with E-state index in [1.807, 2.05) is 24.7 Å². The van der Waals surface area contributed by atoms with Gasteiger partial charge in [0.2, 0.25) is 0 Å². The van der Waals surface area contributed by atoms with E-state index in [4.69, 9.17) is 11.6 Å². The summed E-state index contributed by atoms with van der Waals surface area (Å²) < 4.78 is 43.6. The molecule has 0 saturated heterocycles. The molecule has 4 nitrogen and oxygen atoms in total. The van der Waals surface area contributed by atoms with E-state index >= 15 is 0 Å². The molecule has 8 heteroatoms. The molecule has 2 aromatic rings. The van der Waals surface area contributed by atoms with Gasteiger partial charge in [0.1, 0.15) is 5.82 Å². The molecule has 1 aliphatic rings. The number of hydrogen-bond donors (Lipinski definition) is 1. The molecule has 3 rings (SSSR count). The lowest BCUT2D eigenvalue weighted by atomic mass is 9.86. The van der Waals surface area contributed by atoms with Crippen molar-refractivity contribution < 1.29 is 18.0 Å². The number of carbonyl (C=O) groups excluding carboxylic acids is 1. The number of aryl methyl sites for hydroxylation is 2. The Balaban J connectivity index is 1.61. The number of rotatable bonds is 4. The maximum absolute atomic E-state index is 14.3. The highest BCUT2D eigenvalue weighted by molar-refractivity contribution is 6.34. The Morgan fingerprint density at radius 3 is 2.36 bits per heavy atom. The van der Waals surface area contributed by atoms with Crippen LogP contribution < -0.4 is 5.32 Å². The third-order valence-corrected chi connectivity index (χ3v) is 5.88. The quantitative estimate of drug-likeness (QED) is 0.574. The minimum atomic E-state index is -1.40. The molecule has 0 unspecified atom stereocenters. The standard InChI is InChI=1S/C20H23ClF3N3O/c1-10-8-27(26-12(10)3)9-13-4-6-14(7-5-13)25-20(28)15-16(21)19(24)18(23)11(2)17(15)22/h8,13-14H,4-7,9H2,1-3H3,(H,25,28). The van der Waals surface area contributed by atoms with E-state index in [-0.39, 0.29) is 6.04 Å². The Labute approximate surface area is 167 Å². The van der Waals surface area contributed by atoms with E-state index in [2.05, 4.69) is 10.4 Å². The zero-order valence-electron chi connectivity index (χ0n) is 16.1. The average molecular weight is 414 g/mol. The van der Waals surface area contributed by atoms with E-state index in [1.54, 1.807) is 0 Å². The molecule has 1 aliphatic carbocycles. The van der Waals surface area contributed by atoms with Crippen LogP contribution in [-0.2, 0) is 6.54 Å². The third-order valence-electron chi connectivity index (χ3n) is 5.53. The van der Waals surface area contributed by atoms with Crippen molar-refractivity contribution in [3.63, 3.8) is 0 Å². The van der Waals surface area contributed by atoms with Crippen LogP contribution in [0.2, 0.25) is 5.02 Å². The summed E-state index contributed by atoms with van der Waals surface area (Å²) in [7, 11) is 0. The van der Waals surface area contributed by atoms with Gasteiger partial charge in [-0.15, -0.1) is 0 Å². The molecule has 1 aromatic heterocycles. The normalized spacial score (nSPS) is 19.7. The highest BCUT2D eigenvalue weighted by Crippen LogP contribution is 2.30. The third kappa shape index (κ3) is 4.04. The van der Waals surface area contributed by atoms with Crippen LogP contribution in [0.5, 0.6) is 0 Å². The molecular weight excluding hydrogens is 391 g/mol. The van der Waals surface area contributed by atoms with Gasteiger partial charge in [-0.1, -0.05) is 11.6 Å². The SMILES string of the molecule is Cc1cn(CC2CCC(NC(=O)c3c(F)c(C)c(F)c(F)c3Cl)CC2)nc1C. The van der Waals surface area contributed by atoms with Crippen molar-refractivity contribution in [2.75, 3.05) is 0 Å². The zero-order valence-corrected chi connectivity index (χ0v) is 16.8. The Hall–Kier alpha value is -2.02. The van der Waals surface area contributed by atoms with Gasteiger partial charge in [0.15, 0.2) is 11.6 Å². The summed E-state index contributed by atoms with van der Waals surface area (Å²) in [5.41, 5.74) is 0.978. The first-order valence-electron chi connectivity index (χ1n) is 9.33. The van der Waals surface area contributed by atoms with Crippen LogP contribution in [0.15, 0.2) is 6.20 Å². The molecule has 1 aromatic carbocycles. The number of hydrogen-bond acceptors (Lipinski definition) is 2. The van der Waals surface area contributed by atoms with E-state index in [0.717, 1.165) is 50.4 Å². The summed E-state index contributed by atoms with van der Waals surface area (Å²) in [6.45, 7) is 5.89. The monoisotopic (exact) mass is 413 g/mol. The van der Waals surface area contributed by atoms with Crippen LogP contribution in [0.25, 0.3) is 0 Å². The van der Waals surface area contributed by atoms with Crippen molar-refractivity contribution in [2.45, 2.75) is 59.0 Å². The highest BCUT2D eigenvalue weighted by atomic mass is 35.5. The Morgan fingerprint density at radius 1 is 1.14 bits per heavy atom. The Bertz CT molecular complexity index is 856. The van der Waals surface area contributed by atoms with Gasteiger partial charge in [-0.3, -0.25) is 9.48 Å². The fraction of sp³-hybridized carbons (Fsp3) is 0.500. The molecule has 28 heavy (non-hydrogen) atoms. The van der Waals surface area contributed by atoms with Crippen LogP contribution in [0, 0.1) is 44.1 Å².